The normalized spacial score (nSPS) is 13.8. The first kappa shape index (κ1) is 11.1. The average Bonchev–Trinajstić information content (AvgIpc) is 2.02. The molecule has 0 saturated carbocycles. The fraction of sp³-hybridized carbons (Fsp3) is 0.538. The van der Waals surface area contributed by atoms with Gasteiger partial charge in [-0.3, -0.25) is 0 Å². The predicted molar refractivity (Wildman–Crippen MR) is 63.7 cm³/mol. The Labute approximate surface area is 87.5 Å². The highest BCUT2D eigenvalue weighted by Crippen LogP contribution is 2.22. The molecule has 0 aliphatic carbocycles. The molecule has 1 aromatic rings. The summed E-state index contributed by atoms with van der Waals surface area (Å²) in [6, 6.07) is 8.99. The summed E-state index contributed by atoms with van der Waals surface area (Å²) < 4.78 is 0. The lowest BCUT2D eigenvalue weighted by molar-refractivity contribution is 0.359. The van der Waals surface area contributed by atoms with E-state index in [9.17, 15) is 0 Å². The van der Waals surface area contributed by atoms with Gasteiger partial charge in [0, 0.05) is 11.7 Å². The van der Waals surface area contributed by atoms with Crippen LogP contribution in [-0.4, -0.2) is 6.04 Å². The van der Waals surface area contributed by atoms with Gasteiger partial charge in [0.25, 0.3) is 0 Å². The van der Waals surface area contributed by atoms with Crippen LogP contribution in [0.4, 0.5) is 5.69 Å². The van der Waals surface area contributed by atoms with E-state index in [1.165, 1.54) is 11.3 Å². The smallest absolute Gasteiger partial charge is 0.0345 e. The number of anilines is 1. The van der Waals surface area contributed by atoms with Gasteiger partial charge in [0.2, 0.25) is 0 Å². The van der Waals surface area contributed by atoms with Crippen molar-refractivity contribution in [3.05, 3.63) is 29.8 Å². The minimum absolute atomic E-state index is 0.295. The second kappa shape index (κ2) is 4.04. The number of hydrogen-bond donors (Lipinski definition) is 1. The monoisotopic (exact) mass is 191 g/mol. The molecule has 0 spiro atoms. The van der Waals surface area contributed by atoms with Crippen molar-refractivity contribution in [2.24, 2.45) is 5.41 Å². The summed E-state index contributed by atoms with van der Waals surface area (Å²) in [7, 11) is 0. The van der Waals surface area contributed by atoms with Gasteiger partial charge in [0.05, 0.1) is 0 Å². The quantitative estimate of drug-likeness (QED) is 0.749. The van der Waals surface area contributed by atoms with Gasteiger partial charge in [-0.1, -0.05) is 32.9 Å². The molecule has 0 saturated heterocycles. The molecule has 0 amide bonds. The van der Waals surface area contributed by atoms with Crippen LogP contribution in [0.5, 0.6) is 0 Å². The van der Waals surface area contributed by atoms with Crippen LogP contribution in [0.15, 0.2) is 24.3 Å². The predicted octanol–water partition coefficient (Wildman–Crippen LogP) is 3.84. The van der Waals surface area contributed by atoms with E-state index < -0.39 is 0 Å². The Balaban J connectivity index is 2.70. The molecular weight excluding hydrogens is 170 g/mol. The molecule has 0 aliphatic rings. The van der Waals surface area contributed by atoms with Crippen molar-refractivity contribution in [1.29, 1.82) is 0 Å². The Morgan fingerprint density at radius 3 is 2.36 bits per heavy atom. The Bertz CT molecular complexity index is 296. The Morgan fingerprint density at radius 1 is 1.21 bits per heavy atom. The zero-order chi connectivity index (χ0) is 10.8. The molecule has 0 fully saturated rings. The number of rotatable bonds is 2. The first-order chi connectivity index (χ1) is 6.39. The van der Waals surface area contributed by atoms with Gasteiger partial charge < -0.3 is 5.32 Å². The van der Waals surface area contributed by atoms with Gasteiger partial charge in [0.15, 0.2) is 0 Å². The summed E-state index contributed by atoms with van der Waals surface area (Å²) in [5.74, 6) is 0. The molecule has 1 aromatic carbocycles. The zero-order valence-electron chi connectivity index (χ0n) is 9.89. The molecule has 1 rings (SSSR count). The van der Waals surface area contributed by atoms with Crippen molar-refractivity contribution in [1.82, 2.24) is 0 Å². The third-order valence-electron chi connectivity index (χ3n) is 2.70. The minimum Gasteiger partial charge on any atom is -0.382 e. The Kier molecular flexibility index (Phi) is 3.20. The summed E-state index contributed by atoms with van der Waals surface area (Å²) >= 11 is 0. The summed E-state index contributed by atoms with van der Waals surface area (Å²) in [5.41, 5.74) is 2.81. The van der Waals surface area contributed by atoms with E-state index in [2.05, 4.69) is 64.2 Å². The van der Waals surface area contributed by atoms with Crippen LogP contribution in [0.3, 0.4) is 0 Å². The third-order valence-corrected chi connectivity index (χ3v) is 2.70. The Morgan fingerprint density at radius 2 is 1.86 bits per heavy atom. The van der Waals surface area contributed by atoms with Crippen molar-refractivity contribution in [2.45, 2.75) is 40.7 Å². The lowest BCUT2D eigenvalue weighted by Crippen LogP contribution is -2.30. The lowest BCUT2D eigenvalue weighted by atomic mass is 9.88. The molecule has 0 heterocycles. The number of benzene rings is 1. The van der Waals surface area contributed by atoms with Crippen molar-refractivity contribution in [2.75, 3.05) is 5.32 Å². The van der Waals surface area contributed by atoms with Crippen LogP contribution in [0.2, 0.25) is 0 Å². The van der Waals surface area contributed by atoms with Gasteiger partial charge in [-0.05, 0) is 37.0 Å². The SMILES string of the molecule is Cc1cccc(NC(C)C(C)(C)C)c1. The lowest BCUT2D eigenvalue weighted by Gasteiger charge is -2.29. The van der Waals surface area contributed by atoms with Crippen LogP contribution >= 0.6 is 0 Å². The molecular formula is C13H21N. The molecule has 1 atom stereocenters. The summed E-state index contributed by atoms with van der Waals surface area (Å²) in [6.45, 7) is 11.1. The molecule has 1 N–H and O–H groups in total. The largest absolute Gasteiger partial charge is 0.382 e. The van der Waals surface area contributed by atoms with Crippen molar-refractivity contribution < 1.29 is 0 Å². The maximum atomic E-state index is 3.52. The highest BCUT2D eigenvalue weighted by Gasteiger charge is 2.19. The Hall–Kier alpha value is -0.980. The molecule has 78 valence electrons. The second-order valence-electron chi connectivity index (χ2n) is 5.10. The van der Waals surface area contributed by atoms with Gasteiger partial charge in [-0.25, -0.2) is 0 Å². The molecule has 1 heteroatoms. The fourth-order valence-electron chi connectivity index (χ4n) is 1.20. The zero-order valence-corrected chi connectivity index (χ0v) is 9.89. The van der Waals surface area contributed by atoms with Gasteiger partial charge in [-0.15, -0.1) is 0 Å². The van der Waals surface area contributed by atoms with E-state index >= 15 is 0 Å². The van der Waals surface area contributed by atoms with Crippen LogP contribution in [0, 0.1) is 12.3 Å². The minimum atomic E-state index is 0.295. The first-order valence-electron chi connectivity index (χ1n) is 5.23. The molecule has 1 unspecified atom stereocenters. The second-order valence-corrected chi connectivity index (χ2v) is 5.10. The summed E-state index contributed by atoms with van der Waals surface area (Å²) in [5, 5.41) is 3.52. The van der Waals surface area contributed by atoms with E-state index in [4.69, 9.17) is 0 Å². The highest BCUT2D eigenvalue weighted by molar-refractivity contribution is 5.46. The molecule has 1 nitrogen and oxygen atoms in total. The van der Waals surface area contributed by atoms with E-state index in [1.807, 2.05) is 0 Å². The summed E-state index contributed by atoms with van der Waals surface area (Å²) in [6.07, 6.45) is 0. The molecule has 14 heavy (non-hydrogen) atoms. The topological polar surface area (TPSA) is 12.0 Å². The standard InChI is InChI=1S/C13H21N/c1-10-7-6-8-12(9-10)14-11(2)13(3,4)5/h6-9,11,14H,1-5H3. The van der Waals surface area contributed by atoms with Crippen molar-refractivity contribution in [3.8, 4) is 0 Å². The molecule has 0 bridgehead atoms. The van der Waals surface area contributed by atoms with Gasteiger partial charge in [0.1, 0.15) is 0 Å². The van der Waals surface area contributed by atoms with Crippen LogP contribution in [0.1, 0.15) is 33.3 Å². The number of aryl methyl sites for hydroxylation is 1. The van der Waals surface area contributed by atoms with Crippen LogP contribution in [0.25, 0.3) is 0 Å². The first-order valence-corrected chi connectivity index (χ1v) is 5.23. The number of hydrogen-bond acceptors (Lipinski definition) is 1. The van der Waals surface area contributed by atoms with Crippen LogP contribution in [-0.2, 0) is 0 Å². The highest BCUT2D eigenvalue weighted by atomic mass is 14.9. The van der Waals surface area contributed by atoms with Gasteiger partial charge in [-0.2, -0.15) is 0 Å². The van der Waals surface area contributed by atoms with Crippen LogP contribution < -0.4 is 5.32 Å². The van der Waals surface area contributed by atoms with E-state index in [0.29, 0.717) is 11.5 Å². The van der Waals surface area contributed by atoms with E-state index in [0.717, 1.165) is 0 Å². The van der Waals surface area contributed by atoms with Gasteiger partial charge >= 0.3 is 0 Å². The third kappa shape index (κ3) is 3.06. The van der Waals surface area contributed by atoms with Crippen molar-refractivity contribution in [3.63, 3.8) is 0 Å². The average molecular weight is 191 g/mol. The molecule has 0 radical (unpaired) electrons. The molecule has 0 aliphatic heterocycles. The van der Waals surface area contributed by atoms with E-state index in [-0.39, 0.29) is 0 Å². The summed E-state index contributed by atoms with van der Waals surface area (Å²) in [4.78, 5) is 0. The fourth-order valence-corrected chi connectivity index (χ4v) is 1.20. The molecule has 0 aromatic heterocycles. The maximum Gasteiger partial charge on any atom is 0.0345 e. The maximum absolute atomic E-state index is 3.52. The van der Waals surface area contributed by atoms with Crippen molar-refractivity contribution >= 4 is 5.69 Å². The number of nitrogens with one attached hydrogen (secondary N) is 1. The van der Waals surface area contributed by atoms with E-state index in [1.54, 1.807) is 0 Å².